The lowest BCUT2D eigenvalue weighted by atomic mass is 10.2. The first kappa shape index (κ1) is 14.8. The summed E-state index contributed by atoms with van der Waals surface area (Å²) in [6.07, 6.45) is 2.54. The van der Waals surface area contributed by atoms with E-state index >= 15 is 0 Å². The van der Waals surface area contributed by atoms with Crippen LogP contribution in [0, 0.1) is 0 Å². The minimum Gasteiger partial charge on any atom is -0.497 e. The molecule has 110 valence electrons. The Bertz CT molecular complexity index is 478. The summed E-state index contributed by atoms with van der Waals surface area (Å²) in [5.41, 5.74) is 4.18. The molecule has 1 aliphatic heterocycles. The van der Waals surface area contributed by atoms with Crippen LogP contribution in [0.5, 0.6) is 5.75 Å². The third-order valence-corrected chi connectivity index (χ3v) is 4.16. The SMILES string of the molecule is CCC1=C(CC)N(c2ccc(OC)cc2)C(C)N1CC. The molecular formula is C17H26N2O. The second-order valence-corrected chi connectivity index (χ2v) is 5.09. The standard InChI is InChI=1S/C17H26N2O/c1-6-16-17(7-2)19(13(4)18(16)8-3)14-9-11-15(20-5)12-10-14/h9-13H,6-8H2,1-5H3. The van der Waals surface area contributed by atoms with Crippen LogP contribution in [0.25, 0.3) is 0 Å². The molecule has 3 nitrogen and oxygen atoms in total. The highest BCUT2D eigenvalue weighted by atomic mass is 16.5. The molecule has 0 saturated carbocycles. The van der Waals surface area contributed by atoms with Crippen LogP contribution in [0.1, 0.15) is 40.5 Å². The first-order valence-electron chi connectivity index (χ1n) is 7.59. The fraction of sp³-hybridized carbons (Fsp3) is 0.529. The van der Waals surface area contributed by atoms with Crippen LogP contribution in [0.4, 0.5) is 5.69 Å². The lowest BCUT2D eigenvalue weighted by Gasteiger charge is -2.31. The molecule has 0 amide bonds. The van der Waals surface area contributed by atoms with Crippen molar-refractivity contribution in [1.29, 1.82) is 0 Å². The van der Waals surface area contributed by atoms with Crippen LogP contribution in [0.3, 0.4) is 0 Å². The number of methoxy groups -OCH3 is 1. The predicted molar refractivity (Wildman–Crippen MR) is 84.9 cm³/mol. The van der Waals surface area contributed by atoms with Gasteiger partial charge in [-0.15, -0.1) is 0 Å². The van der Waals surface area contributed by atoms with Gasteiger partial charge in [0.05, 0.1) is 7.11 Å². The normalized spacial score (nSPS) is 18.9. The molecule has 0 radical (unpaired) electrons. The minimum absolute atomic E-state index is 0.387. The fourth-order valence-corrected chi connectivity index (χ4v) is 3.25. The maximum atomic E-state index is 5.26. The van der Waals surface area contributed by atoms with E-state index in [0.29, 0.717) is 6.17 Å². The summed E-state index contributed by atoms with van der Waals surface area (Å²) >= 11 is 0. The summed E-state index contributed by atoms with van der Waals surface area (Å²) in [5, 5.41) is 0. The number of anilines is 1. The smallest absolute Gasteiger partial charge is 0.119 e. The molecule has 20 heavy (non-hydrogen) atoms. The Hall–Kier alpha value is -1.64. The van der Waals surface area contributed by atoms with E-state index in [0.717, 1.165) is 25.1 Å². The van der Waals surface area contributed by atoms with E-state index in [1.54, 1.807) is 7.11 Å². The monoisotopic (exact) mass is 274 g/mol. The van der Waals surface area contributed by atoms with Gasteiger partial charge < -0.3 is 14.5 Å². The van der Waals surface area contributed by atoms with Crippen molar-refractivity contribution < 1.29 is 4.74 Å². The topological polar surface area (TPSA) is 15.7 Å². The Balaban J connectivity index is 2.40. The molecule has 2 rings (SSSR count). The van der Waals surface area contributed by atoms with Crippen LogP contribution in [0.2, 0.25) is 0 Å². The van der Waals surface area contributed by atoms with Crippen LogP contribution in [-0.4, -0.2) is 24.7 Å². The summed E-state index contributed by atoms with van der Waals surface area (Å²) in [4.78, 5) is 4.96. The molecule has 0 fully saturated rings. The van der Waals surface area contributed by atoms with Crippen molar-refractivity contribution in [3.8, 4) is 5.75 Å². The van der Waals surface area contributed by atoms with E-state index in [4.69, 9.17) is 4.74 Å². The van der Waals surface area contributed by atoms with Crippen LogP contribution in [-0.2, 0) is 0 Å². The first-order valence-corrected chi connectivity index (χ1v) is 7.59. The predicted octanol–water partition coefficient (Wildman–Crippen LogP) is 4.21. The van der Waals surface area contributed by atoms with E-state index < -0.39 is 0 Å². The lowest BCUT2D eigenvalue weighted by molar-refractivity contribution is 0.303. The Labute approximate surface area is 122 Å². The minimum atomic E-state index is 0.387. The average Bonchev–Trinajstić information content (AvgIpc) is 2.78. The van der Waals surface area contributed by atoms with Crippen molar-refractivity contribution in [3.05, 3.63) is 35.7 Å². The van der Waals surface area contributed by atoms with Crippen molar-refractivity contribution in [2.45, 2.75) is 46.7 Å². The van der Waals surface area contributed by atoms with E-state index in [9.17, 15) is 0 Å². The van der Waals surface area contributed by atoms with Gasteiger partial charge in [0, 0.05) is 23.6 Å². The van der Waals surface area contributed by atoms with Crippen molar-refractivity contribution in [2.24, 2.45) is 0 Å². The van der Waals surface area contributed by atoms with Gasteiger partial charge in [0.2, 0.25) is 0 Å². The molecule has 1 atom stereocenters. The maximum Gasteiger partial charge on any atom is 0.119 e. The second kappa shape index (κ2) is 6.21. The van der Waals surface area contributed by atoms with E-state index in [2.05, 4.69) is 49.6 Å². The fourth-order valence-electron chi connectivity index (χ4n) is 3.25. The summed E-state index contributed by atoms with van der Waals surface area (Å²) in [6.45, 7) is 10.1. The molecule has 1 aromatic carbocycles. The summed E-state index contributed by atoms with van der Waals surface area (Å²) < 4.78 is 5.26. The van der Waals surface area contributed by atoms with Crippen LogP contribution in [0.15, 0.2) is 35.7 Å². The van der Waals surface area contributed by atoms with Gasteiger partial charge in [-0.3, -0.25) is 0 Å². The van der Waals surface area contributed by atoms with Crippen molar-refractivity contribution in [2.75, 3.05) is 18.6 Å². The highest BCUT2D eigenvalue weighted by Crippen LogP contribution is 2.37. The molecule has 0 N–H and O–H groups in total. The zero-order valence-corrected chi connectivity index (χ0v) is 13.3. The largest absolute Gasteiger partial charge is 0.497 e. The average molecular weight is 274 g/mol. The van der Waals surface area contributed by atoms with Gasteiger partial charge in [-0.05, 0) is 51.0 Å². The van der Waals surface area contributed by atoms with Gasteiger partial charge in [-0.2, -0.15) is 0 Å². The number of nitrogens with zero attached hydrogens (tertiary/aromatic N) is 2. The third-order valence-electron chi connectivity index (χ3n) is 4.16. The molecule has 1 heterocycles. The highest BCUT2D eigenvalue weighted by Gasteiger charge is 2.33. The number of allylic oxidation sites excluding steroid dienone is 2. The molecule has 0 aromatic heterocycles. The van der Waals surface area contributed by atoms with Crippen molar-refractivity contribution in [1.82, 2.24) is 4.90 Å². The number of ether oxygens (including phenoxy) is 1. The van der Waals surface area contributed by atoms with Gasteiger partial charge in [0.25, 0.3) is 0 Å². The summed E-state index contributed by atoms with van der Waals surface area (Å²) in [6, 6.07) is 8.37. The summed E-state index contributed by atoms with van der Waals surface area (Å²) in [5.74, 6) is 0.908. The zero-order valence-electron chi connectivity index (χ0n) is 13.3. The maximum absolute atomic E-state index is 5.26. The number of hydrogen-bond acceptors (Lipinski definition) is 3. The second-order valence-electron chi connectivity index (χ2n) is 5.09. The quantitative estimate of drug-likeness (QED) is 0.799. The highest BCUT2D eigenvalue weighted by molar-refractivity contribution is 5.57. The van der Waals surface area contributed by atoms with Crippen LogP contribution < -0.4 is 9.64 Å². The van der Waals surface area contributed by atoms with Crippen LogP contribution >= 0.6 is 0 Å². The number of rotatable bonds is 5. The molecule has 3 heteroatoms. The molecule has 0 spiro atoms. The zero-order chi connectivity index (χ0) is 14.7. The molecule has 1 aliphatic rings. The van der Waals surface area contributed by atoms with Gasteiger partial charge in [0.15, 0.2) is 0 Å². The van der Waals surface area contributed by atoms with Gasteiger partial charge >= 0.3 is 0 Å². The molecule has 1 unspecified atom stereocenters. The molecule has 0 bridgehead atoms. The van der Waals surface area contributed by atoms with Gasteiger partial charge in [0.1, 0.15) is 11.9 Å². The van der Waals surface area contributed by atoms with Crippen molar-refractivity contribution in [3.63, 3.8) is 0 Å². The molecule has 0 aliphatic carbocycles. The molecule has 1 aromatic rings. The Kier molecular flexibility index (Phi) is 4.58. The molecule has 0 saturated heterocycles. The lowest BCUT2D eigenvalue weighted by Crippen LogP contribution is -2.38. The van der Waals surface area contributed by atoms with E-state index in [-0.39, 0.29) is 0 Å². The molecular weight excluding hydrogens is 248 g/mol. The van der Waals surface area contributed by atoms with Crippen molar-refractivity contribution >= 4 is 5.69 Å². The first-order chi connectivity index (χ1) is 9.67. The number of benzene rings is 1. The number of hydrogen-bond donors (Lipinski definition) is 0. The Morgan fingerprint density at radius 3 is 2.05 bits per heavy atom. The van der Waals surface area contributed by atoms with E-state index in [1.165, 1.54) is 17.1 Å². The van der Waals surface area contributed by atoms with E-state index in [1.807, 2.05) is 12.1 Å². The summed E-state index contributed by atoms with van der Waals surface area (Å²) in [7, 11) is 1.71. The van der Waals surface area contributed by atoms with Gasteiger partial charge in [-0.25, -0.2) is 0 Å². The van der Waals surface area contributed by atoms with Gasteiger partial charge in [-0.1, -0.05) is 13.8 Å². The Morgan fingerprint density at radius 1 is 1.00 bits per heavy atom. The Morgan fingerprint density at radius 2 is 1.60 bits per heavy atom. The third kappa shape index (κ3) is 2.37.